The summed E-state index contributed by atoms with van der Waals surface area (Å²) >= 11 is 0. The number of carbonyl (C=O) groups is 2. The van der Waals surface area contributed by atoms with Gasteiger partial charge in [0.25, 0.3) is 5.91 Å². The Morgan fingerprint density at radius 2 is 1.92 bits per heavy atom. The molecule has 5 rings (SSSR count). The van der Waals surface area contributed by atoms with Gasteiger partial charge in [-0.05, 0) is 61.2 Å². The molecule has 2 amide bonds. The van der Waals surface area contributed by atoms with Crippen molar-refractivity contribution in [1.82, 2.24) is 9.38 Å². The van der Waals surface area contributed by atoms with E-state index in [9.17, 15) is 14.9 Å². The number of nitrogens with one attached hydrogen (secondary N) is 2. The van der Waals surface area contributed by atoms with Crippen molar-refractivity contribution in [2.45, 2.75) is 32.1 Å². The molecular formula is C28H25N5O3. The first kappa shape index (κ1) is 23.1. The van der Waals surface area contributed by atoms with Crippen LogP contribution in [0.25, 0.3) is 5.65 Å². The lowest BCUT2D eigenvalue weighted by Crippen LogP contribution is -2.13. The monoisotopic (exact) mass is 479 g/mol. The summed E-state index contributed by atoms with van der Waals surface area (Å²) in [5.41, 5.74) is 2.60. The van der Waals surface area contributed by atoms with Crippen LogP contribution >= 0.6 is 0 Å². The van der Waals surface area contributed by atoms with Crippen LogP contribution in [0.1, 0.15) is 48.0 Å². The van der Waals surface area contributed by atoms with Gasteiger partial charge >= 0.3 is 0 Å². The van der Waals surface area contributed by atoms with Crippen LogP contribution in [0.4, 0.5) is 11.5 Å². The summed E-state index contributed by atoms with van der Waals surface area (Å²) in [5, 5.41) is 15.1. The zero-order valence-electron chi connectivity index (χ0n) is 19.8. The van der Waals surface area contributed by atoms with E-state index in [0.29, 0.717) is 40.6 Å². The molecule has 2 aromatic heterocycles. The Bertz CT molecular complexity index is 1480. The van der Waals surface area contributed by atoms with Crippen LogP contribution < -0.4 is 15.4 Å². The van der Waals surface area contributed by atoms with Crippen LogP contribution in [-0.2, 0) is 4.79 Å². The summed E-state index contributed by atoms with van der Waals surface area (Å²) in [6, 6.07) is 20.1. The maximum Gasteiger partial charge on any atom is 0.255 e. The van der Waals surface area contributed by atoms with Gasteiger partial charge in [-0.3, -0.25) is 9.59 Å². The van der Waals surface area contributed by atoms with Crippen LogP contribution in [0.3, 0.4) is 0 Å². The molecule has 36 heavy (non-hydrogen) atoms. The summed E-state index contributed by atoms with van der Waals surface area (Å²) in [4.78, 5) is 29.3. The highest BCUT2D eigenvalue weighted by atomic mass is 16.5. The van der Waals surface area contributed by atoms with Crippen LogP contribution in [0, 0.1) is 17.2 Å². The molecule has 4 aromatic rings. The molecule has 1 unspecified atom stereocenters. The third kappa shape index (κ3) is 5.20. The first-order valence-electron chi connectivity index (χ1n) is 11.9. The average Bonchev–Trinajstić information content (AvgIpc) is 3.66. The lowest BCUT2D eigenvalue weighted by atomic mass is 9.96. The van der Waals surface area contributed by atoms with Crippen molar-refractivity contribution in [2.24, 2.45) is 5.92 Å². The molecule has 2 heterocycles. The lowest BCUT2D eigenvalue weighted by Gasteiger charge is -2.11. The van der Waals surface area contributed by atoms with Crippen LogP contribution in [-0.4, -0.2) is 21.2 Å². The molecule has 1 aliphatic carbocycles. The molecule has 1 saturated carbocycles. The van der Waals surface area contributed by atoms with E-state index in [2.05, 4.69) is 21.7 Å². The van der Waals surface area contributed by atoms with Crippen LogP contribution in [0.15, 0.2) is 73.1 Å². The average molecular weight is 480 g/mol. The third-order valence-electron chi connectivity index (χ3n) is 6.07. The van der Waals surface area contributed by atoms with E-state index in [1.54, 1.807) is 65.3 Å². The predicted molar refractivity (Wildman–Crippen MR) is 136 cm³/mol. The Hall–Kier alpha value is -4.64. The second-order valence-electron chi connectivity index (χ2n) is 8.82. The number of hydrogen-bond acceptors (Lipinski definition) is 5. The van der Waals surface area contributed by atoms with Gasteiger partial charge in [-0.1, -0.05) is 25.1 Å². The zero-order chi connectivity index (χ0) is 25.1. The minimum atomic E-state index is -0.262. The number of nitriles is 1. The fourth-order valence-electron chi connectivity index (χ4n) is 3.94. The fourth-order valence-corrected chi connectivity index (χ4v) is 3.94. The number of fused-ring (bicyclic) bond motifs is 1. The zero-order valence-corrected chi connectivity index (χ0v) is 19.8. The number of nitrogens with zero attached hydrogens (tertiary/aromatic N) is 3. The fraction of sp³-hybridized carbons (Fsp3) is 0.214. The van der Waals surface area contributed by atoms with E-state index in [-0.39, 0.29) is 23.7 Å². The first-order valence-corrected chi connectivity index (χ1v) is 11.9. The largest absolute Gasteiger partial charge is 0.456 e. The topological polar surface area (TPSA) is 109 Å². The van der Waals surface area contributed by atoms with Crippen molar-refractivity contribution >= 4 is 29.0 Å². The van der Waals surface area contributed by atoms with Crippen molar-refractivity contribution in [1.29, 1.82) is 5.26 Å². The van der Waals surface area contributed by atoms with E-state index >= 15 is 0 Å². The SMILES string of the molecule is CCC(C#N)c1cccc(C(=O)Nc2cccc(Oc3ccc4nc(NC(=O)C5CC5)cn4c3)c2)c1. The van der Waals surface area contributed by atoms with E-state index in [4.69, 9.17) is 4.74 Å². The Morgan fingerprint density at radius 3 is 2.69 bits per heavy atom. The Labute approximate surface area is 208 Å². The van der Waals surface area contributed by atoms with Gasteiger partial charge in [-0.2, -0.15) is 5.26 Å². The molecule has 2 aromatic carbocycles. The van der Waals surface area contributed by atoms with Gasteiger partial charge in [0, 0.05) is 23.2 Å². The molecule has 0 spiro atoms. The number of carbonyl (C=O) groups excluding carboxylic acids is 2. The van der Waals surface area contributed by atoms with Gasteiger partial charge in [0.2, 0.25) is 5.91 Å². The minimum Gasteiger partial charge on any atom is -0.456 e. The highest BCUT2D eigenvalue weighted by Gasteiger charge is 2.30. The van der Waals surface area contributed by atoms with Crippen LogP contribution in [0.2, 0.25) is 0 Å². The number of imidazole rings is 1. The van der Waals surface area contributed by atoms with E-state index in [1.807, 2.05) is 19.1 Å². The number of pyridine rings is 1. The number of rotatable bonds is 8. The third-order valence-corrected chi connectivity index (χ3v) is 6.07. The van der Waals surface area contributed by atoms with Crippen molar-refractivity contribution < 1.29 is 14.3 Å². The Kier molecular flexibility index (Phi) is 6.37. The molecule has 1 atom stereocenters. The molecule has 0 saturated heterocycles. The summed E-state index contributed by atoms with van der Waals surface area (Å²) < 4.78 is 7.80. The van der Waals surface area contributed by atoms with Gasteiger partial charge in [0.1, 0.15) is 17.1 Å². The molecule has 1 fully saturated rings. The van der Waals surface area contributed by atoms with Crippen molar-refractivity contribution in [3.63, 3.8) is 0 Å². The van der Waals surface area contributed by atoms with Crippen molar-refractivity contribution in [3.05, 3.63) is 84.2 Å². The standard InChI is InChI=1S/C28H25N5O3/c1-2-18(15-29)20-5-3-6-21(13-20)28(35)30-22-7-4-8-23(14-22)36-24-11-12-26-31-25(17-33(26)16-24)32-27(34)19-9-10-19/h3-8,11-14,16-19H,2,9-10H2,1H3,(H,30,35)(H,32,34). The normalized spacial score (nSPS) is 13.6. The summed E-state index contributed by atoms with van der Waals surface area (Å²) in [6.07, 6.45) is 6.09. The number of ether oxygens (including phenoxy) is 1. The van der Waals surface area contributed by atoms with Gasteiger partial charge in [-0.25, -0.2) is 4.98 Å². The number of amides is 2. The Morgan fingerprint density at radius 1 is 1.08 bits per heavy atom. The van der Waals surface area contributed by atoms with Crippen LogP contribution in [0.5, 0.6) is 11.5 Å². The molecule has 0 aliphatic heterocycles. The van der Waals surface area contributed by atoms with Gasteiger partial charge in [0.15, 0.2) is 5.82 Å². The highest BCUT2D eigenvalue weighted by molar-refractivity contribution is 6.04. The van der Waals surface area contributed by atoms with Gasteiger partial charge in [-0.15, -0.1) is 0 Å². The predicted octanol–water partition coefficient (Wildman–Crippen LogP) is 5.74. The lowest BCUT2D eigenvalue weighted by molar-refractivity contribution is -0.117. The van der Waals surface area contributed by atoms with Gasteiger partial charge < -0.3 is 19.8 Å². The number of hydrogen-bond donors (Lipinski definition) is 2. The molecule has 1 aliphatic rings. The quantitative estimate of drug-likeness (QED) is 0.335. The number of anilines is 2. The maximum atomic E-state index is 12.8. The van der Waals surface area contributed by atoms with Gasteiger partial charge in [0.05, 0.1) is 24.4 Å². The molecular weight excluding hydrogens is 454 g/mol. The molecule has 0 bridgehead atoms. The molecule has 180 valence electrons. The summed E-state index contributed by atoms with van der Waals surface area (Å²) in [5.74, 6) is 1.26. The smallest absolute Gasteiger partial charge is 0.255 e. The van der Waals surface area contributed by atoms with E-state index in [1.165, 1.54) is 0 Å². The van der Waals surface area contributed by atoms with Crippen molar-refractivity contribution in [2.75, 3.05) is 10.6 Å². The van der Waals surface area contributed by atoms with E-state index < -0.39 is 0 Å². The summed E-state index contributed by atoms with van der Waals surface area (Å²) in [7, 11) is 0. The van der Waals surface area contributed by atoms with Crippen molar-refractivity contribution in [3.8, 4) is 17.6 Å². The number of benzene rings is 2. The molecule has 8 nitrogen and oxygen atoms in total. The second-order valence-corrected chi connectivity index (χ2v) is 8.82. The second kappa shape index (κ2) is 9.92. The highest BCUT2D eigenvalue weighted by Crippen LogP contribution is 2.30. The minimum absolute atomic E-state index is 0.00992. The number of aromatic nitrogens is 2. The molecule has 2 N–H and O–H groups in total. The summed E-state index contributed by atoms with van der Waals surface area (Å²) in [6.45, 7) is 1.95. The van der Waals surface area contributed by atoms with E-state index in [0.717, 1.165) is 18.4 Å². The maximum absolute atomic E-state index is 12.8. The Balaban J connectivity index is 1.27. The molecule has 0 radical (unpaired) electrons. The molecule has 8 heteroatoms. The first-order chi connectivity index (χ1) is 17.5.